The number of methoxy groups -OCH3 is 2. The maximum Gasteiger partial charge on any atom is 0.224 e. The van der Waals surface area contributed by atoms with E-state index in [-0.39, 0.29) is 11.8 Å². The number of amides is 1. The molecule has 7 nitrogen and oxygen atoms in total. The molecule has 3 heterocycles. The Labute approximate surface area is 180 Å². The number of piperidine rings is 1. The van der Waals surface area contributed by atoms with Crippen molar-refractivity contribution in [1.82, 2.24) is 15.3 Å². The maximum atomic E-state index is 12.8. The highest BCUT2D eigenvalue weighted by molar-refractivity contribution is 7.21. The van der Waals surface area contributed by atoms with Gasteiger partial charge < -0.3 is 19.7 Å². The van der Waals surface area contributed by atoms with Crippen molar-refractivity contribution in [2.75, 3.05) is 38.8 Å². The maximum absolute atomic E-state index is 12.8. The van der Waals surface area contributed by atoms with Crippen LogP contribution in [-0.2, 0) is 11.2 Å². The highest BCUT2D eigenvalue weighted by atomic mass is 32.1. The van der Waals surface area contributed by atoms with Crippen LogP contribution in [0.5, 0.6) is 11.5 Å². The van der Waals surface area contributed by atoms with E-state index < -0.39 is 0 Å². The number of nitrogens with one attached hydrogen (secondary N) is 1. The molecule has 0 spiro atoms. The highest BCUT2D eigenvalue weighted by Crippen LogP contribution is 2.30. The van der Waals surface area contributed by atoms with Crippen LogP contribution in [0, 0.1) is 5.92 Å². The molecule has 1 saturated heterocycles. The van der Waals surface area contributed by atoms with Gasteiger partial charge in [0.05, 0.1) is 20.1 Å². The summed E-state index contributed by atoms with van der Waals surface area (Å²) in [4.78, 5) is 25.0. The number of anilines is 1. The fourth-order valence-corrected chi connectivity index (χ4v) is 4.73. The van der Waals surface area contributed by atoms with Gasteiger partial charge in [-0.15, -0.1) is 0 Å². The lowest BCUT2D eigenvalue weighted by atomic mass is 9.97. The Bertz CT molecular complexity index is 990. The monoisotopic (exact) mass is 426 g/mol. The first kappa shape index (κ1) is 20.4. The van der Waals surface area contributed by atoms with Crippen molar-refractivity contribution in [2.45, 2.75) is 19.3 Å². The third-order valence-corrected chi connectivity index (χ3v) is 6.45. The summed E-state index contributed by atoms with van der Waals surface area (Å²) in [7, 11) is 3.28. The van der Waals surface area contributed by atoms with Crippen molar-refractivity contribution in [3.63, 3.8) is 0 Å². The minimum Gasteiger partial charge on any atom is -0.497 e. The van der Waals surface area contributed by atoms with Crippen molar-refractivity contribution >= 4 is 32.7 Å². The molecular formula is C22H26N4O3S. The molecule has 1 aromatic carbocycles. The Morgan fingerprint density at radius 1 is 1.30 bits per heavy atom. The standard InChI is InChI=1S/C22H26N4O3S/c1-28-17-8-7-15(19(13-17)29-2)9-11-23-20(27)16-5-4-12-26(14-16)22-25-18-6-3-10-24-21(18)30-22/h3,6-8,10,13,16H,4-5,9,11-12,14H2,1-2H3,(H,23,27)/t16-/m0/s1. The molecule has 0 bridgehead atoms. The Morgan fingerprint density at radius 3 is 3.00 bits per heavy atom. The molecule has 0 radical (unpaired) electrons. The third kappa shape index (κ3) is 4.48. The molecule has 158 valence electrons. The second-order valence-corrected chi connectivity index (χ2v) is 8.28. The largest absolute Gasteiger partial charge is 0.497 e. The van der Waals surface area contributed by atoms with Crippen LogP contribution in [-0.4, -0.2) is 49.7 Å². The summed E-state index contributed by atoms with van der Waals surface area (Å²) in [6, 6.07) is 9.63. The summed E-state index contributed by atoms with van der Waals surface area (Å²) in [5.41, 5.74) is 1.96. The molecule has 1 atom stereocenters. The van der Waals surface area contributed by atoms with Crippen LogP contribution in [0.15, 0.2) is 36.5 Å². The number of hydrogen-bond acceptors (Lipinski definition) is 7. The first-order chi connectivity index (χ1) is 14.7. The lowest BCUT2D eigenvalue weighted by Crippen LogP contribution is -2.43. The Morgan fingerprint density at radius 2 is 2.20 bits per heavy atom. The van der Waals surface area contributed by atoms with Crippen LogP contribution in [0.2, 0.25) is 0 Å². The molecule has 0 aliphatic carbocycles. The van der Waals surface area contributed by atoms with Crippen molar-refractivity contribution in [2.24, 2.45) is 5.92 Å². The number of thiazole rings is 1. The van der Waals surface area contributed by atoms with Crippen molar-refractivity contribution in [3.8, 4) is 11.5 Å². The lowest BCUT2D eigenvalue weighted by molar-refractivity contribution is -0.125. The van der Waals surface area contributed by atoms with E-state index in [0.29, 0.717) is 19.5 Å². The van der Waals surface area contributed by atoms with Gasteiger partial charge >= 0.3 is 0 Å². The number of aromatic nitrogens is 2. The zero-order valence-corrected chi connectivity index (χ0v) is 18.1. The summed E-state index contributed by atoms with van der Waals surface area (Å²) in [5.74, 6) is 1.60. The number of benzene rings is 1. The van der Waals surface area contributed by atoms with Gasteiger partial charge in [0.1, 0.15) is 21.8 Å². The molecule has 1 fully saturated rings. The van der Waals surface area contributed by atoms with Crippen molar-refractivity contribution in [3.05, 3.63) is 42.1 Å². The quantitative estimate of drug-likeness (QED) is 0.625. The minimum atomic E-state index is -0.0310. The van der Waals surface area contributed by atoms with E-state index >= 15 is 0 Å². The molecule has 1 N–H and O–H groups in total. The smallest absolute Gasteiger partial charge is 0.224 e. The topological polar surface area (TPSA) is 76.6 Å². The van der Waals surface area contributed by atoms with Crippen LogP contribution in [0.3, 0.4) is 0 Å². The van der Waals surface area contributed by atoms with Crippen LogP contribution in [0.1, 0.15) is 18.4 Å². The molecular weight excluding hydrogens is 400 g/mol. The molecule has 4 rings (SSSR count). The van der Waals surface area contributed by atoms with E-state index in [4.69, 9.17) is 14.5 Å². The molecule has 1 amide bonds. The molecule has 0 unspecified atom stereocenters. The Balaban J connectivity index is 1.33. The molecule has 3 aromatic rings. The van der Waals surface area contributed by atoms with Crippen LogP contribution in [0.4, 0.5) is 5.13 Å². The molecule has 2 aromatic heterocycles. The van der Waals surface area contributed by atoms with Gasteiger partial charge in [-0.05, 0) is 43.0 Å². The van der Waals surface area contributed by atoms with Crippen LogP contribution in [0.25, 0.3) is 10.3 Å². The van der Waals surface area contributed by atoms with Gasteiger partial charge in [0.15, 0.2) is 5.13 Å². The molecule has 8 heteroatoms. The van der Waals surface area contributed by atoms with Gasteiger partial charge in [0.25, 0.3) is 0 Å². The van der Waals surface area contributed by atoms with Crippen LogP contribution >= 0.6 is 11.3 Å². The number of hydrogen-bond donors (Lipinski definition) is 1. The summed E-state index contributed by atoms with van der Waals surface area (Å²) in [6.07, 6.45) is 4.37. The fraction of sp³-hybridized carbons (Fsp3) is 0.409. The Hall–Kier alpha value is -2.87. The van der Waals surface area contributed by atoms with Gasteiger partial charge in [-0.1, -0.05) is 17.4 Å². The first-order valence-corrected chi connectivity index (χ1v) is 10.9. The zero-order valence-electron chi connectivity index (χ0n) is 17.3. The predicted octanol–water partition coefficient (Wildman–Crippen LogP) is 3.28. The summed E-state index contributed by atoms with van der Waals surface area (Å²) in [5, 5.41) is 4.05. The van der Waals surface area contributed by atoms with Gasteiger partial charge in [0, 0.05) is 31.9 Å². The molecule has 0 saturated carbocycles. The Kier molecular flexibility index (Phi) is 6.32. The summed E-state index contributed by atoms with van der Waals surface area (Å²) >= 11 is 1.59. The van der Waals surface area contributed by atoms with Gasteiger partial charge in [0.2, 0.25) is 5.91 Å². The summed E-state index contributed by atoms with van der Waals surface area (Å²) < 4.78 is 10.7. The predicted molar refractivity (Wildman–Crippen MR) is 119 cm³/mol. The van der Waals surface area contributed by atoms with E-state index in [2.05, 4.69) is 15.2 Å². The average molecular weight is 427 g/mol. The lowest BCUT2D eigenvalue weighted by Gasteiger charge is -2.31. The van der Waals surface area contributed by atoms with Gasteiger partial charge in [-0.25, -0.2) is 9.97 Å². The average Bonchev–Trinajstić information content (AvgIpc) is 3.23. The van der Waals surface area contributed by atoms with Crippen molar-refractivity contribution < 1.29 is 14.3 Å². The van der Waals surface area contributed by atoms with Crippen molar-refractivity contribution in [1.29, 1.82) is 0 Å². The second-order valence-electron chi connectivity index (χ2n) is 7.33. The minimum absolute atomic E-state index is 0.0310. The van der Waals surface area contributed by atoms with E-state index in [1.807, 2.05) is 30.3 Å². The molecule has 30 heavy (non-hydrogen) atoms. The first-order valence-electron chi connectivity index (χ1n) is 10.1. The molecule has 1 aliphatic heterocycles. The second kappa shape index (κ2) is 9.30. The molecule has 1 aliphatic rings. The number of nitrogens with zero attached hydrogens (tertiary/aromatic N) is 3. The van der Waals surface area contributed by atoms with E-state index in [9.17, 15) is 4.79 Å². The van der Waals surface area contributed by atoms with E-state index in [0.717, 1.165) is 51.9 Å². The number of ether oxygens (including phenoxy) is 2. The number of fused-ring (bicyclic) bond motifs is 1. The normalized spacial score (nSPS) is 16.5. The number of carbonyl (C=O) groups excluding carboxylic acids is 1. The van der Waals surface area contributed by atoms with E-state index in [1.54, 1.807) is 31.8 Å². The van der Waals surface area contributed by atoms with Gasteiger partial charge in [-0.3, -0.25) is 4.79 Å². The number of rotatable bonds is 7. The number of carbonyl (C=O) groups is 1. The van der Waals surface area contributed by atoms with Gasteiger partial charge in [-0.2, -0.15) is 0 Å². The SMILES string of the molecule is COc1ccc(CCNC(=O)[C@H]2CCCN(c3nc4cccnc4s3)C2)c(OC)c1. The highest BCUT2D eigenvalue weighted by Gasteiger charge is 2.27. The van der Waals surface area contributed by atoms with E-state index in [1.165, 1.54) is 0 Å². The fourth-order valence-electron chi connectivity index (χ4n) is 3.78. The number of pyridine rings is 1. The third-order valence-electron chi connectivity index (χ3n) is 5.41. The van der Waals surface area contributed by atoms with Crippen LogP contribution < -0.4 is 19.7 Å². The summed E-state index contributed by atoms with van der Waals surface area (Å²) in [6.45, 7) is 2.19. The zero-order chi connectivity index (χ0) is 20.9.